The molecule has 0 unspecified atom stereocenters. The molecule has 6 aromatic rings. The molecular weight excluding hydrogens is 511 g/mol. The number of rotatable bonds is 4. The van der Waals surface area contributed by atoms with Crippen molar-refractivity contribution in [3.63, 3.8) is 0 Å². The molecule has 37 heavy (non-hydrogen) atoms. The van der Waals surface area contributed by atoms with Gasteiger partial charge in [-0.15, -0.1) is 10.2 Å². The van der Waals surface area contributed by atoms with Gasteiger partial charge in [0, 0.05) is 27.6 Å². The number of nitrogens with zero attached hydrogens (tertiary/aromatic N) is 6. The number of hydrogen-bond acceptors (Lipinski definition) is 6. The molecule has 0 aliphatic carbocycles. The molecule has 0 bridgehead atoms. The third-order valence-electron chi connectivity index (χ3n) is 6.28. The van der Waals surface area contributed by atoms with Gasteiger partial charge in [-0.2, -0.15) is 0 Å². The predicted octanol–water partition coefficient (Wildman–Crippen LogP) is 6.08. The Morgan fingerprint density at radius 1 is 0.649 bits per heavy atom. The lowest BCUT2D eigenvalue weighted by molar-refractivity contribution is 0.458. The smallest absolute Gasteiger partial charge is 0.144 e. The van der Waals surface area contributed by atoms with Crippen LogP contribution in [0.15, 0.2) is 60.7 Å². The summed E-state index contributed by atoms with van der Waals surface area (Å²) in [5.41, 5.74) is 6.78. The molecule has 2 aromatic heterocycles. The molecule has 2 heterocycles. The summed E-state index contributed by atoms with van der Waals surface area (Å²) in [5.74, 6) is 0.103. The average Bonchev–Trinajstić information content (AvgIpc) is 3.46. The largest absolute Gasteiger partial charge is 0.505 e. The van der Waals surface area contributed by atoms with E-state index in [9.17, 15) is 10.2 Å². The average molecular weight is 531 g/mol. The Balaban J connectivity index is 1.45. The lowest BCUT2D eigenvalue weighted by Gasteiger charge is -2.15. The molecule has 6 rings (SSSR count). The van der Waals surface area contributed by atoms with E-state index in [1.54, 1.807) is 33.6 Å². The highest BCUT2D eigenvalue weighted by Crippen LogP contribution is 2.36. The highest BCUT2D eigenvalue weighted by molar-refractivity contribution is 6.31. The Kier molecular flexibility index (Phi) is 5.51. The highest BCUT2D eigenvalue weighted by Gasteiger charge is 2.19. The van der Waals surface area contributed by atoms with Gasteiger partial charge in [-0.1, -0.05) is 45.8 Å². The Bertz CT molecular complexity index is 1710. The standard InChI is InChI=1S/C27H20Cl2N6O2/c1-14-7-16(26(36)24(9-14)34-22-5-3-18(28)12-20(22)30-32-34)11-17-8-15(2)10-25(27(17)37)35-23-6-4-19(29)13-21(23)31-33-35/h3-10,12-13,36-37H,11H2,1-2H3. The Morgan fingerprint density at radius 2 is 1.08 bits per heavy atom. The number of aryl methyl sites for hydroxylation is 2. The van der Waals surface area contributed by atoms with Gasteiger partial charge in [0.25, 0.3) is 0 Å². The lowest BCUT2D eigenvalue weighted by Crippen LogP contribution is -2.03. The van der Waals surface area contributed by atoms with Crippen molar-refractivity contribution in [2.75, 3.05) is 0 Å². The zero-order valence-electron chi connectivity index (χ0n) is 19.8. The number of aromatic nitrogens is 6. The highest BCUT2D eigenvalue weighted by atomic mass is 35.5. The van der Waals surface area contributed by atoms with Crippen LogP contribution in [0.5, 0.6) is 11.5 Å². The van der Waals surface area contributed by atoms with Crippen molar-refractivity contribution < 1.29 is 10.2 Å². The fourth-order valence-corrected chi connectivity index (χ4v) is 4.95. The minimum Gasteiger partial charge on any atom is -0.505 e. The van der Waals surface area contributed by atoms with Crippen LogP contribution in [0, 0.1) is 13.8 Å². The summed E-state index contributed by atoms with van der Waals surface area (Å²) < 4.78 is 3.18. The number of benzene rings is 4. The van der Waals surface area contributed by atoms with Gasteiger partial charge in [-0.25, -0.2) is 9.36 Å². The van der Waals surface area contributed by atoms with Crippen molar-refractivity contribution >= 4 is 45.3 Å². The van der Waals surface area contributed by atoms with Crippen LogP contribution in [0.3, 0.4) is 0 Å². The van der Waals surface area contributed by atoms with Crippen LogP contribution in [0.25, 0.3) is 33.4 Å². The number of aromatic hydroxyl groups is 2. The first-order valence-electron chi connectivity index (χ1n) is 11.5. The molecule has 0 aliphatic rings. The summed E-state index contributed by atoms with van der Waals surface area (Å²) in [4.78, 5) is 0. The summed E-state index contributed by atoms with van der Waals surface area (Å²) in [7, 11) is 0. The van der Waals surface area contributed by atoms with E-state index >= 15 is 0 Å². The SMILES string of the molecule is Cc1cc(Cc2cc(C)cc(-n3nnc4cc(Cl)ccc43)c2O)c(O)c(-n2nnc3cc(Cl)ccc32)c1. The van der Waals surface area contributed by atoms with E-state index in [0.717, 1.165) is 22.2 Å². The molecule has 4 aromatic carbocycles. The number of hydrogen-bond donors (Lipinski definition) is 2. The first kappa shape index (κ1) is 23.3. The Labute approximate surface area is 221 Å². The van der Waals surface area contributed by atoms with Crippen molar-refractivity contribution in [1.82, 2.24) is 30.0 Å². The van der Waals surface area contributed by atoms with Crippen LogP contribution in [0.1, 0.15) is 22.3 Å². The second-order valence-corrected chi connectivity index (χ2v) is 9.90. The third kappa shape index (κ3) is 4.04. The summed E-state index contributed by atoms with van der Waals surface area (Å²) >= 11 is 12.2. The third-order valence-corrected chi connectivity index (χ3v) is 6.75. The van der Waals surface area contributed by atoms with Gasteiger partial charge in [0.2, 0.25) is 0 Å². The van der Waals surface area contributed by atoms with E-state index in [0.29, 0.717) is 43.6 Å². The summed E-state index contributed by atoms with van der Waals surface area (Å²) in [6, 6.07) is 18.1. The maximum atomic E-state index is 11.3. The van der Waals surface area contributed by atoms with Crippen LogP contribution < -0.4 is 0 Å². The normalized spacial score (nSPS) is 11.6. The Morgan fingerprint density at radius 3 is 1.51 bits per heavy atom. The molecule has 2 N–H and O–H groups in total. The zero-order chi connectivity index (χ0) is 25.8. The molecule has 8 nitrogen and oxygen atoms in total. The van der Waals surface area contributed by atoms with Gasteiger partial charge in [0.1, 0.15) is 33.9 Å². The van der Waals surface area contributed by atoms with E-state index in [1.165, 1.54) is 0 Å². The summed E-state index contributed by atoms with van der Waals surface area (Å²) in [6.45, 7) is 3.88. The van der Waals surface area contributed by atoms with E-state index in [4.69, 9.17) is 23.2 Å². The molecule has 0 amide bonds. The predicted molar refractivity (Wildman–Crippen MR) is 143 cm³/mol. The fraction of sp³-hybridized carbons (Fsp3) is 0.111. The molecular formula is C27H20Cl2N6O2. The van der Waals surface area contributed by atoms with E-state index in [1.807, 2.05) is 50.2 Å². The number of halogens is 2. The molecule has 0 saturated carbocycles. The lowest BCUT2D eigenvalue weighted by atomic mass is 9.98. The van der Waals surface area contributed by atoms with Gasteiger partial charge < -0.3 is 10.2 Å². The summed E-state index contributed by atoms with van der Waals surface area (Å²) in [6.07, 6.45) is 0.276. The molecule has 0 fully saturated rings. The molecule has 0 saturated heterocycles. The molecule has 184 valence electrons. The molecule has 10 heteroatoms. The zero-order valence-corrected chi connectivity index (χ0v) is 21.3. The summed E-state index contributed by atoms with van der Waals surface area (Å²) in [5, 5.41) is 40.6. The topological polar surface area (TPSA) is 102 Å². The second-order valence-electron chi connectivity index (χ2n) is 9.03. The first-order chi connectivity index (χ1) is 17.8. The monoisotopic (exact) mass is 530 g/mol. The Hall–Kier alpha value is -4.14. The maximum absolute atomic E-state index is 11.3. The quantitative estimate of drug-likeness (QED) is 0.286. The van der Waals surface area contributed by atoms with Gasteiger partial charge in [0.15, 0.2) is 0 Å². The molecule has 0 radical (unpaired) electrons. The van der Waals surface area contributed by atoms with Crippen LogP contribution in [0.2, 0.25) is 10.0 Å². The fourth-order valence-electron chi connectivity index (χ4n) is 4.61. The van der Waals surface area contributed by atoms with Gasteiger partial charge >= 0.3 is 0 Å². The first-order valence-corrected chi connectivity index (χ1v) is 12.2. The van der Waals surface area contributed by atoms with Gasteiger partial charge in [0.05, 0.1) is 11.0 Å². The number of fused-ring (bicyclic) bond motifs is 2. The van der Waals surface area contributed by atoms with E-state index in [-0.39, 0.29) is 17.9 Å². The minimum atomic E-state index is 0.0515. The van der Waals surface area contributed by atoms with Crippen LogP contribution in [0.4, 0.5) is 0 Å². The molecule has 0 atom stereocenters. The van der Waals surface area contributed by atoms with Crippen LogP contribution >= 0.6 is 23.2 Å². The van der Waals surface area contributed by atoms with E-state index in [2.05, 4.69) is 20.6 Å². The van der Waals surface area contributed by atoms with Crippen molar-refractivity contribution in [2.24, 2.45) is 0 Å². The van der Waals surface area contributed by atoms with Crippen molar-refractivity contribution in [3.8, 4) is 22.9 Å². The number of phenolic OH excluding ortho intramolecular Hbond substituents is 2. The second kappa shape index (κ2) is 8.76. The molecule has 0 aliphatic heterocycles. The van der Waals surface area contributed by atoms with Crippen LogP contribution in [-0.2, 0) is 6.42 Å². The van der Waals surface area contributed by atoms with E-state index < -0.39 is 0 Å². The maximum Gasteiger partial charge on any atom is 0.144 e. The van der Waals surface area contributed by atoms with Gasteiger partial charge in [-0.05, 0) is 73.5 Å². The van der Waals surface area contributed by atoms with Crippen LogP contribution in [-0.4, -0.2) is 40.2 Å². The van der Waals surface area contributed by atoms with Crippen molar-refractivity contribution in [1.29, 1.82) is 0 Å². The molecule has 0 spiro atoms. The van der Waals surface area contributed by atoms with Gasteiger partial charge in [-0.3, -0.25) is 0 Å². The van der Waals surface area contributed by atoms with Crippen molar-refractivity contribution in [2.45, 2.75) is 20.3 Å². The van der Waals surface area contributed by atoms with Crippen molar-refractivity contribution in [3.05, 3.63) is 93.0 Å². The number of phenols is 2. The minimum absolute atomic E-state index is 0.0515.